The monoisotopic (exact) mass is 426 g/mol. The third-order valence-corrected chi connectivity index (χ3v) is 5.82. The van der Waals surface area contributed by atoms with Gasteiger partial charge in [-0.2, -0.15) is 4.99 Å². The Labute approximate surface area is 165 Å². The van der Waals surface area contributed by atoms with E-state index in [2.05, 4.69) is 45.9 Å². The van der Waals surface area contributed by atoms with Crippen LogP contribution < -0.4 is 4.80 Å². The Morgan fingerprint density at radius 1 is 1.23 bits per heavy atom. The summed E-state index contributed by atoms with van der Waals surface area (Å²) in [5.41, 5.74) is 5.50. The molecule has 0 saturated carbocycles. The molecule has 1 heterocycles. The van der Waals surface area contributed by atoms with Crippen molar-refractivity contribution in [3.8, 4) is 12.3 Å². The summed E-state index contributed by atoms with van der Waals surface area (Å²) in [6.07, 6.45) is 5.81. The van der Waals surface area contributed by atoms with Gasteiger partial charge in [0.1, 0.15) is 0 Å². The second-order valence-electron chi connectivity index (χ2n) is 6.35. The van der Waals surface area contributed by atoms with Crippen molar-refractivity contribution in [1.29, 1.82) is 0 Å². The van der Waals surface area contributed by atoms with Gasteiger partial charge in [0.05, 0.1) is 23.2 Å². The van der Waals surface area contributed by atoms with Crippen molar-refractivity contribution in [3.05, 3.63) is 61.9 Å². The van der Waals surface area contributed by atoms with Gasteiger partial charge >= 0.3 is 0 Å². The van der Waals surface area contributed by atoms with Crippen LogP contribution in [0.4, 0.5) is 0 Å². The van der Waals surface area contributed by atoms with E-state index in [4.69, 9.17) is 6.42 Å². The highest BCUT2D eigenvalue weighted by Crippen LogP contribution is 2.22. The van der Waals surface area contributed by atoms with E-state index in [9.17, 15) is 4.79 Å². The lowest BCUT2D eigenvalue weighted by atomic mass is 9.97. The first-order valence-electron chi connectivity index (χ1n) is 8.25. The van der Waals surface area contributed by atoms with Crippen molar-refractivity contribution in [2.75, 3.05) is 0 Å². The molecule has 2 aromatic carbocycles. The maximum absolute atomic E-state index is 12.6. The fourth-order valence-electron chi connectivity index (χ4n) is 3.16. The number of hydrogen-bond acceptors (Lipinski definition) is 2. The molecule has 0 N–H and O–H groups in total. The van der Waals surface area contributed by atoms with Gasteiger partial charge in [-0.1, -0.05) is 50.9 Å². The van der Waals surface area contributed by atoms with Gasteiger partial charge in [-0.05, 0) is 55.7 Å². The molecular weight excluding hydrogens is 408 g/mol. The molecule has 0 spiro atoms. The van der Waals surface area contributed by atoms with E-state index in [0.29, 0.717) is 17.8 Å². The van der Waals surface area contributed by atoms with E-state index in [1.165, 1.54) is 16.9 Å². The number of fused-ring (bicyclic) bond motifs is 1. The van der Waals surface area contributed by atoms with Crippen molar-refractivity contribution in [3.63, 3.8) is 0 Å². The maximum Gasteiger partial charge on any atom is 0.252 e. The molecule has 3 nitrogen and oxygen atoms in total. The first-order valence-corrected chi connectivity index (χ1v) is 9.86. The van der Waals surface area contributed by atoms with Gasteiger partial charge in [0.15, 0.2) is 4.80 Å². The zero-order valence-electron chi connectivity index (χ0n) is 15.0. The molecule has 3 aromatic rings. The van der Waals surface area contributed by atoms with Gasteiger partial charge in [-0.3, -0.25) is 4.79 Å². The molecule has 0 aliphatic carbocycles. The number of hydrogen-bond donors (Lipinski definition) is 0. The zero-order chi connectivity index (χ0) is 18.8. The minimum Gasteiger partial charge on any atom is -0.305 e. The van der Waals surface area contributed by atoms with Crippen molar-refractivity contribution >= 4 is 43.4 Å². The second kappa shape index (κ2) is 7.61. The van der Waals surface area contributed by atoms with Gasteiger partial charge in [-0.25, -0.2) is 0 Å². The largest absolute Gasteiger partial charge is 0.305 e. The minimum atomic E-state index is -0.156. The van der Waals surface area contributed by atoms with Crippen LogP contribution in [0.25, 0.3) is 10.2 Å². The van der Waals surface area contributed by atoms with Gasteiger partial charge in [0, 0.05) is 4.47 Å². The summed E-state index contributed by atoms with van der Waals surface area (Å²) in [6.45, 7) is 6.53. The lowest BCUT2D eigenvalue weighted by Crippen LogP contribution is -2.17. The molecule has 132 valence electrons. The van der Waals surface area contributed by atoms with Crippen LogP contribution in [0.2, 0.25) is 0 Å². The van der Waals surface area contributed by atoms with Gasteiger partial charge in [0.2, 0.25) is 0 Å². The quantitative estimate of drug-likeness (QED) is 0.559. The molecule has 0 atom stereocenters. The van der Waals surface area contributed by atoms with E-state index in [1.807, 2.05) is 36.6 Å². The van der Waals surface area contributed by atoms with E-state index in [0.717, 1.165) is 31.4 Å². The summed E-state index contributed by atoms with van der Waals surface area (Å²) < 4.78 is 3.95. The highest BCUT2D eigenvalue weighted by molar-refractivity contribution is 9.10. The second-order valence-corrected chi connectivity index (χ2v) is 8.27. The third kappa shape index (κ3) is 3.82. The number of carbonyl (C=O) groups is 1. The van der Waals surface area contributed by atoms with E-state index >= 15 is 0 Å². The number of carbonyl (C=O) groups excluding carboxylic acids is 1. The fourth-order valence-corrected chi connectivity index (χ4v) is 4.76. The Kier molecular flexibility index (Phi) is 5.45. The topological polar surface area (TPSA) is 34.4 Å². The molecule has 0 fully saturated rings. The number of benzene rings is 2. The first-order chi connectivity index (χ1) is 12.4. The van der Waals surface area contributed by atoms with Gasteiger partial charge in [0.25, 0.3) is 5.91 Å². The molecule has 0 radical (unpaired) electrons. The Morgan fingerprint density at radius 2 is 1.92 bits per heavy atom. The summed E-state index contributed by atoms with van der Waals surface area (Å²) in [5.74, 6) is 2.50. The molecule has 3 rings (SSSR count). The smallest absolute Gasteiger partial charge is 0.252 e. The van der Waals surface area contributed by atoms with Crippen LogP contribution in [0, 0.1) is 33.1 Å². The van der Waals surface area contributed by atoms with Crippen molar-refractivity contribution < 1.29 is 4.79 Å². The Balaban J connectivity index is 2.03. The van der Waals surface area contributed by atoms with Crippen LogP contribution in [0.3, 0.4) is 0 Å². The van der Waals surface area contributed by atoms with E-state index in [1.54, 1.807) is 0 Å². The van der Waals surface area contributed by atoms with E-state index < -0.39 is 0 Å². The number of aromatic nitrogens is 1. The highest BCUT2D eigenvalue weighted by atomic mass is 79.9. The minimum absolute atomic E-state index is 0.156. The lowest BCUT2D eigenvalue weighted by Gasteiger charge is -2.09. The number of thiazole rings is 1. The summed E-state index contributed by atoms with van der Waals surface area (Å²) >= 11 is 4.96. The predicted molar refractivity (Wildman–Crippen MR) is 111 cm³/mol. The van der Waals surface area contributed by atoms with Gasteiger partial charge in [-0.15, -0.1) is 6.42 Å². The maximum atomic E-state index is 12.6. The molecule has 0 bridgehead atoms. The molecular formula is C21H19BrN2OS. The Morgan fingerprint density at radius 3 is 2.58 bits per heavy atom. The molecule has 26 heavy (non-hydrogen) atoms. The Bertz CT molecular complexity index is 1090. The van der Waals surface area contributed by atoms with Crippen LogP contribution in [0.1, 0.15) is 22.3 Å². The normalized spacial score (nSPS) is 11.7. The first kappa shape index (κ1) is 18.6. The standard InChI is InChI=1S/C21H19BrN2OS/c1-5-8-24-18-7-6-16(22)11-19(18)26-21(24)23-20(25)12-17-14(3)9-13(2)10-15(17)4/h1,6-7,9-11H,8,12H2,2-4H3. The van der Waals surface area contributed by atoms with Crippen LogP contribution in [-0.4, -0.2) is 10.5 Å². The SMILES string of the molecule is C#CCn1c(=NC(=O)Cc2c(C)cc(C)cc2C)sc2cc(Br)ccc21. The number of rotatable bonds is 3. The van der Waals surface area contributed by atoms with Crippen LogP contribution in [0.5, 0.6) is 0 Å². The number of amides is 1. The average molecular weight is 427 g/mol. The number of halogens is 1. The average Bonchev–Trinajstić information content (AvgIpc) is 2.87. The molecule has 0 unspecified atom stereocenters. The predicted octanol–water partition coefficient (Wildman–Crippen LogP) is 4.69. The van der Waals surface area contributed by atoms with Crippen LogP contribution >= 0.6 is 27.3 Å². The molecule has 1 aromatic heterocycles. The Hall–Kier alpha value is -2.16. The van der Waals surface area contributed by atoms with Crippen molar-refractivity contribution in [2.24, 2.45) is 4.99 Å². The fraction of sp³-hybridized carbons (Fsp3) is 0.238. The summed E-state index contributed by atoms with van der Waals surface area (Å²) in [5, 5.41) is 0. The van der Waals surface area contributed by atoms with Crippen molar-refractivity contribution in [1.82, 2.24) is 4.57 Å². The molecule has 0 saturated heterocycles. The third-order valence-electron chi connectivity index (χ3n) is 4.28. The molecule has 5 heteroatoms. The van der Waals surface area contributed by atoms with Crippen LogP contribution in [-0.2, 0) is 17.8 Å². The number of aryl methyl sites for hydroxylation is 3. The lowest BCUT2D eigenvalue weighted by molar-refractivity contribution is -0.117. The molecule has 0 aliphatic heterocycles. The number of nitrogens with zero attached hydrogens (tertiary/aromatic N) is 2. The molecule has 1 amide bonds. The van der Waals surface area contributed by atoms with Crippen LogP contribution in [0.15, 0.2) is 39.8 Å². The summed E-state index contributed by atoms with van der Waals surface area (Å²) in [7, 11) is 0. The zero-order valence-corrected chi connectivity index (χ0v) is 17.4. The van der Waals surface area contributed by atoms with Gasteiger partial charge < -0.3 is 4.57 Å². The summed E-state index contributed by atoms with van der Waals surface area (Å²) in [6, 6.07) is 10.2. The molecule has 0 aliphatic rings. The number of terminal acetylenes is 1. The van der Waals surface area contributed by atoms with Crippen molar-refractivity contribution in [2.45, 2.75) is 33.7 Å². The highest BCUT2D eigenvalue weighted by Gasteiger charge is 2.11. The van der Waals surface area contributed by atoms with E-state index in [-0.39, 0.29) is 5.91 Å². The summed E-state index contributed by atoms with van der Waals surface area (Å²) in [4.78, 5) is 17.7.